The van der Waals surface area contributed by atoms with Gasteiger partial charge in [-0.25, -0.2) is 14.4 Å². The first-order chi connectivity index (χ1) is 14.5. The summed E-state index contributed by atoms with van der Waals surface area (Å²) in [5, 5.41) is 4.12. The molecule has 1 spiro atoms. The summed E-state index contributed by atoms with van der Waals surface area (Å²) in [5.74, 6) is 0.432. The van der Waals surface area contributed by atoms with Crippen LogP contribution in [0, 0.1) is 11.2 Å². The number of aromatic nitrogens is 4. The Kier molecular flexibility index (Phi) is 4.54. The highest BCUT2D eigenvalue weighted by Crippen LogP contribution is 2.48. The summed E-state index contributed by atoms with van der Waals surface area (Å²) in [7, 11) is 2.08. The Morgan fingerprint density at radius 3 is 2.77 bits per heavy atom. The van der Waals surface area contributed by atoms with E-state index in [1.165, 1.54) is 18.5 Å². The van der Waals surface area contributed by atoms with Crippen LogP contribution in [0.1, 0.15) is 28.7 Å². The lowest BCUT2D eigenvalue weighted by atomic mass is 9.77. The van der Waals surface area contributed by atoms with Crippen molar-refractivity contribution >= 4 is 5.91 Å². The summed E-state index contributed by atoms with van der Waals surface area (Å²) >= 11 is 0. The lowest BCUT2D eigenvalue weighted by Gasteiger charge is -2.27. The van der Waals surface area contributed by atoms with Gasteiger partial charge in [0, 0.05) is 36.8 Å². The minimum absolute atomic E-state index is 0.0741. The Balaban J connectivity index is 1.45. The van der Waals surface area contributed by atoms with Crippen LogP contribution in [0.15, 0.2) is 47.4 Å². The molecule has 9 heteroatoms. The van der Waals surface area contributed by atoms with Crippen molar-refractivity contribution in [3.63, 3.8) is 0 Å². The summed E-state index contributed by atoms with van der Waals surface area (Å²) in [5.41, 5.74) is 0.921. The second-order valence-electron chi connectivity index (χ2n) is 8.15. The van der Waals surface area contributed by atoms with E-state index in [0.717, 1.165) is 19.5 Å². The van der Waals surface area contributed by atoms with Crippen LogP contribution in [0.2, 0.25) is 0 Å². The summed E-state index contributed by atoms with van der Waals surface area (Å²) in [6.45, 7) is 2.89. The molecule has 2 atom stereocenters. The van der Waals surface area contributed by atoms with Crippen LogP contribution in [0.5, 0.6) is 0 Å². The predicted octanol–water partition coefficient (Wildman–Crippen LogP) is 2.23. The molecule has 5 rings (SSSR count). The van der Waals surface area contributed by atoms with Crippen LogP contribution >= 0.6 is 0 Å². The highest BCUT2D eigenvalue weighted by atomic mass is 19.1. The van der Waals surface area contributed by atoms with Crippen molar-refractivity contribution in [1.29, 1.82) is 0 Å². The van der Waals surface area contributed by atoms with E-state index in [1.54, 1.807) is 24.4 Å². The quantitative estimate of drug-likeness (QED) is 0.657. The average Bonchev–Trinajstić information content (AvgIpc) is 3.48. The Bertz CT molecular complexity index is 1060. The smallest absolute Gasteiger partial charge is 0.272 e. The van der Waals surface area contributed by atoms with Crippen molar-refractivity contribution in [2.24, 2.45) is 5.41 Å². The third-order valence-electron chi connectivity index (χ3n) is 6.15. The summed E-state index contributed by atoms with van der Waals surface area (Å²) in [6.07, 6.45) is 3.89. The van der Waals surface area contributed by atoms with Crippen LogP contribution in [0.3, 0.4) is 0 Å². The van der Waals surface area contributed by atoms with Gasteiger partial charge >= 0.3 is 0 Å². The lowest BCUT2D eigenvalue weighted by molar-refractivity contribution is 0.0768. The number of hydrogen-bond donors (Lipinski definition) is 0. The van der Waals surface area contributed by atoms with Gasteiger partial charge in [-0.1, -0.05) is 5.16 Å². The van der Waals surface area contributed by atoms with E-state index >= 15 is 0 Å². The molecule has 0 N–H and O–H groups in total. The molecule has 0 saturated carbocycles. The van der Waals surface area contributed by atoms with E-state index in [0.29, 0.717) is 36.1 Å². The van der Waals surface area contributed by atoms with E-state index in [1.807, 2.05) is 4.90 Å². The van der Waals surface area contributed by atoms with Gasteiger partial charge in [0.1, 0.15) is 17.8 Å². The standard InChI is InChI=1S/C21H21FN6O2/c1-27-9-7-21(11-27)12-28(20(29)17-6-8-23-13-24-17)10-16(21)19-25-18(26-30-19)14-2-4-15(22)5-3-14/h2-6,8,13,16H,7,9-12H2,1H3/t16-,21-/m0/s1. The van der Waals surface area contributed by atoms with Gasteiger partial charge in [0.05, 0.1) is 5.92 Å². The molecule has 4 heterocycles. The van der Waals surface area contributed by atoms with Crippen LogP contribution in [-0.4, -0.2) is 69.0 Å². The first-order valence-corrected chi connectivity index (χ1v) is 9.87. The zero-order valence-corrected chi connectivity index (χ0v) is 16.5. The number of halogens is 1. The Labute approximate surface area is 172 Å². The molecule has 0 unspecified atom stereocenters. The van der Waals surface area contributed by atoms with E-state index in [9.17, 15) is 9.18 Å². The second kappa shape index (κ2) is 7.24. The molecular weight excluding hydrogens is 387 g/mol. The Morgan fingerprint density at radius 2 is 2.07 bits per heavy atom. The molecule has 1 aromatic carbocycles. The van der Waals surface area contributed by atoms with Gasteiger partial charge in [0.2, 0.25) is 11.7 Å². The number of likely N-dealkylation sites (tertiary alicyclic amines) is 2. The zero-order valence-electron chi connectivity index (χ0n) is 16.5. The van der Waals surface area contributed by atoms with Crippen molar-refractivity contribution in [2.45, 2.75) is 12.3 Å². The van der Waals surface area contributed by atoms with Crippen molar-refractivity contribution in [3.05, 3.63) is 60.3 Å². The van der Waals surface area contributed by atoms with E-state index in [-0.39, 0.29) is 23.1 Å². The van der Waals surface area contributed by atoms with Crippen LogP contribution < -0.4 is 0 Å². The molecular formula is C21H21FN6O2. The lowest BCUT2D eigenvalue weighted by Crippen LogP contribution is -2.34. The molecule has 30 heavy (non-hydrogen) atoms. The summed E-state index contributed by atoms with van der Waals surface area (Å²) in [4.78, 5) is 29.7. The Morgan fingerprint density at radius 1 is 1.23 bits per heavy atom. The first kappa shape index (κ1) is 18.8. The fourth-order valence-corrected chi connectivity index (χ4v) is 4.66. The fraction of sp³-hybridized carbons (Fsp3) is 0.381. The third kappa shape index (κ3) is 3.24. The molecule has 2 saturated heterocycles. The molecule has 0 bridgehead atoms. The molecule has 2 fully saturated rings. The van der Waals surface area contributed by atoms with Gasteiger partial charge in [-0.2, -0.15) is 4.98 Å². The average molecular weight is 408 g/mol. The minimum atomic E-state index is -0.315. The van der Waals surface area contributed by atoms with Crippen molar-refractivity contribution in [2.75, 3.05) is 33.2 Å². The SMILES string of the molecule is CN1CC[C@]2(C1)CN(C(=O)c1ccncn1)C[C@H]2c1nc(-c2ccc(F)cc2)no1. The first-order valence-electron chi connectivity index (χ1n) is 9.87. The maximum atomic E-state index is 13.2. The minimum Gasteiger partial charge on any atom is -0.339 e. The van der Waals surface area contributed by atoms with Crippen molar-refractivity contribution < 1.29 is 13.7 Å². The third-order valence-corrected chi connectivity index (χ3v) is 6.15. The van der Waals surface area contributed by atoms with Gasteiger partial charge in [-0.3, -0.25) is 4.79 Å². The van der Waals surface area contributed by atoms with Crippen LogP contribution in [0.4, 0.5) is 4.39 Å². The monoisotopic (exact) mass is 408 g/mol. The van der Waals surface area contributed by atoms with Gasteiger partial charge in [-0.15, -0.1) is 0 Å². The molecule has 2 aromatic heterocycles. The number of carbonyl (C=O) groups excluding carboxylic acids is 1. The number of carbonyl (C=O) groups is 1. The van der Waals surface area contributed by atoms with Gasteiger partial charge in [0.25, 0.3) is 5.91 Å². The van der Waals surface area contributed by atoms with Crippen LogP contribution in [0.25, 0.3) is 11.4 Å². The predicted molar refractivity (Wildman–Crippen MR) is 105 cm³/mol. The van der Waals surface area contributed by atoms with E-state index in [2.05, 4.69) is 32.1 Å². The molecule has 0 radical (unpaired) electrons. The highest BCUT2D eigenvalue weighted by Gasteiger charge is 2.53. The van der Waals surface area contributed by atoms with Gasteiger partial charge < -0.3 is 14.3 Å². The largest absolute Gasteiger partial charge is 0.339 e. The normalized spacial score (nSPS) is 24.1. The maximum absolute atomic E-state index is 13.2. The van der Waals surface area contributed by atoms with Crippen LogP contribution in [-0.2, 0) is 0 Å². The molecule has 3 aromatic rings. The van der Waals surface area contributed by atoms with E-state index in [4.69, 9.17) is 4.52 Å². The number of amides is 1. The number of rotatable bonds is 3. The topological polar surface area (TPSA) is 88.2 Å². The molecule has 0 aliphatic carbocycles. The van der Waals surface area contributed by atoms with Gasteiger partial charge in [-0.05, 0) is 50.3 Å². The molecule has 2 aliphatic rings. The molecule has 2 aliphatic heterocycles. The molecule has 154 valence electrons. The van der Waals surface area contributed by atoms with Crippen molar-refractivity contribution in [1.82, 2.24) is 29.9 Å². The number of benzene rings is 1. The number of nitrogens with zero attached hydrogens (tertiary/aromatic N) is 6. The fourth-order valence-electron chi connectivity index (χ4n) is 4.66. The zero-order chi connectivity index (χ0) is 20.7. The van der Waals surface area contributed by atoms with E-state index < -0.39 is 0 Å². The summed E-state index contributed by atoms with van der Waals surface area (Å²) < 4.78 is 18.9. The summed E-state index contributed by atoms with van der Waals surface area (Å²) in [6, 6.07) is 7.63. The highest BCUT2D eigenvalue weighted by molar-refractivity contribution is 5.92. The Hall–Kier alpha value is -3.20. The maximum Gasteiger partial charge on any atom is 0.272 e. The van der Waals surface area contributed by atoms with Crippen molar-refractivity contribution in [3.8, 4) is 11.4 Å². The number of hydrogen-bond acceptors (Lipinski definition) is 7. The molecule has 1 amide bonds. The molecule has 8 nitrogen and oxygen atoms in total. The van der Waals surface area contributed by atoms with Gasteiger partial charge in [0.15, 0.2) is 0 Å². The second-order valence-corrected chi connectivity index (χ2v) is 8.15.